The van der Waals surface area contributed by atoms with Crippen molar-refractivity contribution in [2.24, 2.45) is 0 Å². The van der Waals surface area contributed by atoms with Gasteiger partial charge in [0, 0.05) is 41.8 Å². The maximum absolute atomic E-state index is 12.5. The van der Waals surface area contributed by atoms with Crippen molar-refractivity contribution in [3.05, 3.63) is 71.1 Å². The van der Waals surface area contributed by atoms with Crippen molar-refractivity contribution in [2.45, 2.75) is 6.61 Å². The molecule has 0 unspecified atom stereocenters. The maximum atomic E-state index is 12.5. The lowest BCUT2D eigenvalue weighted by Crippen LogP contribution is -2.32. The number of benzene rings is 2. The van der Waals surface area contributed by atoms with Crippen molar-refractivity contribution in [3.8, 4) is 16.2 Å². The smallest absolute Gasteiger partial charge is 0.261 e. The molecule has 26 heavy (non-hydrogen) atoms. The Morgan fingerprint density at radius 3 is 2.77 bits per heavy atom. The monoisotopic (exact) mass is 364 g/mol. The lowest BCUT2D eigenvalue weighted by Gasteiger charge is -2.19. The first kappa shape index (κ1) is 16.7. The van der Waals surface area contributed by atoms with Crippen LogP contribution in [0.1, 0.15) is 15.2 Å². The van der Waals surface area contributed by atoms with Crippen molar-refractivity contribution < 1.29 is 9.53 Å². The second-order valence-corrected chi connectivity index (χ2v) is 7.32. The van der Waals surface area contributed by atoms with E-state index in [9.17, 15) is 4.79 Å². The number of nitrogens with zero attached hydrogens (tertiary/aromatic N) is 1. The Kier molecular flexibility index (Phi) is 4.63. The summed E-state index contributed by atoms with van der Waals surface area (Å²) >= 11 is 1.54. The molecule has 5 heteroatoms. The summed E-state index contributed by atoms with van der Waals surface area (Å²) < 4.78 is 5.77. The van der Waals surface area contributed by atoms with Crippen molar-refractivity contribution in [1.29, 1.82) is 0 Å². The zero-order valence-corrected chi connectivity index (χ0v) is 15.4. The minimum absolute atomic E-state index is 0.0247. The van der Waals surface area contributed by atoms with Gasteiger partial charge < -0.3 is 15.0 Å². The third kappa shape index (κ3) is 3.30. The van der Waals surface area contributed by atoms with Crippen LogP contribution in [0.25, 0.3) is 10.4 Å². The number of nitrogens with one attached hydrogen (secondary N) is 1. The Morgan fingerprint density at radius 2 is 1.92 bits per heavy atom. The Labute approximate surface area is 157 Å². The van der Waals surface area contributed by atoms with Gasteiger partial charge in [0.1, 0.15) is 12.4 Å². The summed E-state index contributed by atoms with van der Waals surface area (Å²) in [7, 11) is 2.03. The zero-order chi connectivity index (χ0) is 17.9. The average molecular weight is 364 g/mol. The van der Waals surface area contributed by atoms with E-state index in [-0.39, 0.29) is 5.91 Å². The van der Waals surface area contributed by atoms with Crippen LogP contribution in [0.15, 0.2) is 60.7 Å². The van der Waals surface area contributed by atoms with Crippen molar-refractivity contribution >= 4 is 22.9 Å². The molecule has 4 rings (SSSR count). The highest BCUT2D eigenvalue weighted by atomic mass is 32.1. The number of carbonyl (C=O) groups excluding carboxylic acids is 1. The van der Waals surface area contributed by atoms with Gasteiger partial charge in [-0.25, -0.2) is 0 Å². The number of carbonyl (C=O) groups is 1. The van der Waals surface area contributed by atoms with Crippen LogP contribution in [-0.4, -0.2) is 26.0 Å². The largest absolute Gasteiger partial charge is 0.488 e. The Morgan fingerprint density at radius 1 is 1.15 bits per heavy atom. The van der Waals surface area contributed by atoms with Gasteiger partial charge in [-0.1, -0.05) is 30.3 Å². The van der Waals surface area contributed by atoms with Crippen LogP contribution in [-0.2, 0) is 6.61 Å². The molecule has 0 saturated carbocycles. The number of likely N-dealkylation sites (N-methyl/N-ethyl adjacent to an activating group) is 1. The van der Waals surface area contributed by atoms with Gasteiger partial charge >= 0.3 is 0 Å². The lowest BCUT2D eigenvalue weighted by atomic mass is 10.1. The highest BCUT2D eigenvalue weighted by molar-refractivity contribution is 7.17. The molecule has 1 N–H and O–H groups in total. The third-order valence-corrected chi connectivity index (χ3v) is 5.69. The van der Waals surface area contributed by atoms with E-state index < -0.39 is 0 Å². The molecule has 0 aliphatic carbocycles. The number of para-hydroxylation sites is 2. The average Bonchev–Trinajstić information content (AvgIpc) is 3.13. The van der Waals surface area contributed by atoms with Crippen molar-refractivity contribution in [2.75, 3.05) is 25.0 Å². The Balaban J connectivity index is 1.40. The molecule has 1 amide bonds. The van der Waals surface area contributed by atoms with Gasteiger partial charge in [0.15, 0.2) is 0 Å². The van der Waals surface area contributed by atoms with E-state index in [0.717, 1.165) is 38.9 Å². The van der Waals surface area contributed by atoms with Gasteiger partial charge in [-0.2, -0.15) is 0 Å². The second kappa shape index (κ2) is 7.22. The summed E-state index contributed by atoms with van der Waals surface area (Å²) in [4.78, 5) is 16.5. The van der Waals surface area contributed by atoms with Gasteiger partial charge in [0.2, 0.25) is 0 Å². The second-order valence-electron chi connectivity index (χ2n) is 6.26. The van der Waals surface area contributed by atoms with E-state index in [1.807, 2.05) is 55.6 Å². The first-order chi connectivity index (χ1) is 12.7. The predicted molar refractivity (Wildman–Crippen MR) is 106 cm³/mol. The summed E-state index contributed by atoms with van der Waals surface area (Å²) in [6, 6.07) is 20.1. The number of ether oxygens (including phenoxy) is 1. The molecule has 0 saturated heterocycles. The lowest BCUT2D eigenvalue weighted by molar-refractivity contribution is 0.0958. The van der Waals surface area contributed by atoms with Crippen LogP contribution in [0.5, 0.6) is 5.75 Å². The number of rotatable bonds is 5. The van der Waals surface area contributed by atoms with Gasteiger partial charge in [0.05, 0.1) is 4.88 Å². The molecule has 2 heterocycles. The summed E-state index contributed by atoms with van der Waals surface area (Å²) in [6.07, 6.45) is 0. The first-order valence-corrected chi connectivity index (χ1v) is 9.43. The van der Waals surface area contributed by atoms with Gasteiger partial charge in [0.25, 0.3) is 5.91 Å². The number of hydrogen-bond acceptors (Lipinski definition) is 4. The van der Waals surface area contributed by atoms with Gasteiger partial charge in [-0.05, 0) is 30.3 Å². The van der Waals surface area contributed by atoms with Crippen LogP contribution in [0.4, 0.5) is 5.69 Å². The molecule has 2 aromatic carbocycles. The number of amides is 1. The molecule has 3 aromatic rings. The molecule has 0 atom stereocenters. The van der Waals surface area contributed by atoms with Crippen LogP contribution in [0.3, 0.4) is 0 Å². The first-order valence-electron chi connectivity index (χ1n) is 8.61. The highest BCUT2D eigenvalue weighted by Crippen LogP contribution is 2.42. The van der Waals surface area contributed by atoms with E-state index in [1.165, 1.54) is 11.3 Å². The molecule has 1 aromatic heterocycles. The van der Waals surface area contributed by atoms with Crippen molar-refractivity contribution in [1.82, 2.24) is 5.32 Å². The topological polar surface area (TPSA) is 41.6 Å². The van der Waals surface area contributed by atoms with E-state index in [0.29, 0.717) is 13.2 Å². The summed E-state index contributed by atoms with van der Waals surface area (Å²) in [5.74, 6) is 0.863. The van der Waals surface area contributed by atoms with Crippen molar-refractivity contribution in [3.63, 3.8) is 0 Å². The van der Waals surface area contributed by atoms with E-state index in [2.05, 4.69) is 22.3 Å². The SMILES string of the molecule is CN(CCNC(=O)c1cc2c(s1)-c1ccccc1OC2)c1ccccc1. The fraction of sp³-hybridized carbons (Fsp3) is 0.190. The van der Waals surface area contributed by atoms with Crippen LogP contribution >= 0.6 is 11.3 Å². The number of hydrogen-bond donors (Lipinski definition) is 1. The molecule has 0 spiro atoms. The normalized spacial score (nSPS) is 11.9. The summed E-state index contributed by atoms with van der Waals surface area (Å²) in [6.45, 7) is 1.87. The van der Waals surface area contributed by atoms with E-state index >= 15 is 0 Å². The summed E-state index contributed by atoms with van der Waals surface area (Å²) in [5, 5.41) is 3.02. The molecule has 0 radical (unpaired) electrons. The maximum Gasteiger partial charge on any atom is 0.261 e. The quantitative estimate of drug-likeness (QED) is 0.739. The van der Waals surface area contributed by atoms with Gasteiger partial charge in [-0.15, -0.1) is 11.3 Å². The number of thiophene rings is 1. The third-order valence-electron chi connectivity index (χ3n) is 4.48. The van der Waals surface area contributed by atoms with E-state index in [1.54, 1.807) is 0 Å². The van der Waals surface area contributed by atoms with E-state index in [4.69, 9.17) is 4.74 Å². The molecule has 4 nitrogen and oxygen atoms in total. The fourth-order valence-electron chi connectivity index (χ4n) is 3.05. The molecule has 0 bridgehead atoms. The molecule has 1 aliphatic rings. The minimum Gasteiger partial charge on any atom is -0.488 e. The molecule has 1 aliphatic heterocycles. The number of fused-ring (bicyclic) bond motifs is 3. The molecule has 0 fully saturated rings. The standard InChI is InChI=1S/C21H20N2O2S/c1-23(16-7-3-2-4-8-16)12-11-22-21(24)19-13-15-14-25-18-10-6-5-9-17(18)20(15)26-19/h2-10,13H,11-12,14H2,1H3,(H,22,24). The zero-order valence-electron chi connectivity index (χ0n) is 14.6. The van der Waals surface area contributed by atoms with Gasteiger partial charge in [-0.3, -0.25) is 4.79 Å². The fourth-order valence-corrected chi connectivity index (χ4v) is 4.16. The highest BCUT2D eigenvalue weighted by Gasteiger charge is 2.22. The molecule has 132 valence electrons. The number of anilines is 1. The summed E-state index contributed by atoms with van der Waals surface area (Å²) in [5.41, 5.74) is 3.30. The minimum atomic E-state index is -0.0247. The molecular weight excluding hydrogens is 344 g/mol. The molecular formula is C21H20N2O2S. The Bertz CT molecular complexity index is 921. The Hall–Kier alpha value is -2.79. The van der Waals surface area contributed by atoms with Crippen LogP contribution in [0, 0.1) is 0 Å². The predicted octanol–water partition coefficient (Wildman–Crippen LogP) is 4.17. The van der Waals surface area contributed by atoms with Crippen LogP contribution < -0.4 is 15.0 Å². The van der Waals surface area contributed by atoms with Crippen LogP contribution in [0.2, 0.25) is 0 Å².